The molecule has 1 aromatic heterocycles. The summed E-state index contributed by atoms with van der Waals surface area (Å²) in [5, 5.41) is 8.02. The third kappa shape index (κ3) is 4.19. The van der Waals surface area contributed by atoms with Gasteiger partial charge in [0, 0.05) is 58.4 Å². The Balaban J connectivity index is 0.00000243. The first-order chi connectivity index (χ1) is 12.0. The average Bonchev–Trinajstić information content (AvgIpc) is 3.11. The molecular weight excluding hydrogens is 350 g/mol. The van der Waals surface area contributed by atoms with E-state index in [9.17, 15) is 4.79 Å². The highest BCUT2D eigenvalue weighted by atomic mass is 35.5. The minimum absolute atomic E-state index is 0. The van der Waals surface area contributed by atoms with Crippen molar-refractivity contribution in [3.05, 3.63) is 41.1 Å². The topological polar surface area (TPSA) is 53.4 Å². The molecule has 0 spiro atoms. The Hall–Kier alpha value is -2.05. The summed E-state index contributed by atoms with van der Waals surface area (Å²) in [4.78, 5) is 15.8. The summed E-state index contributed by atoms with van der Waals surface area (Å²) in [6.07, 6.45) is 1.63. The quantitative estimate of drug-likeness (QED) is 0.840. The van der Waals surface area contributed by atoms with E-state index in [4.69, 9.17) is 0 Å². The van der Waals surface area contributed by atoms with Crippen LogP contribution in [0.1, 0.15) is 29.7 Å². The van der Waals surface area contributed by atoms with Gasteiger partial charge in [-0.2, -0.15) is 5.10 Å². The number of benzene rings is 1. The lowest BCUT2D eigenvalue weighted by Gasteiger charge is -2.17. The molecule has 1 aromatic carbocycles. The van der Waals surface area contributed by atoms with Crippen molar-refractivity contribution in [3.8, 4) is 0 Å². The molecule has 1 saturated heterocycles. The maximum atomic E-state index is 11.8. The third-order valence-corrected chi connectivity index (χ3v) is 4.69. The molecule has 0 unspecified atom stereocenters. The van der Waals surface area contributed by atoms with Crippen molar-refractivity contribution in [1.82, 2.24) is 15.1 Å². The van der Waals surface area contributed by atoms with E-state index in [1.165, 1.54) is 11.1 Å². The van der Waals surface area contributed by atoms with Gasteiger partial charge in [-0.3, -0.25) is 9.48 Å². The number of rotatable bonds is 6. The van der Waals surface area contributed by atoms with Crippen LogP contribution < -0.4 is 15.1 Å². The molecule has 1 amide bonds. The largest absolute Gasteiger partial charge is 0.363 e. The second-order valence-electron chi connectivity index (χ2n) is 6.82. The van der Waals surface area contributed by atoms with E-state index in [0.717, 1.165) is 43.3 Å². The molecule has 0 aliphatic carbocycles. The van der Waals surface area contributed by atoms with E-state index in [0.29, 0.717) is 6.42 Å². The minimum Gasteiger partial charge on any atom is -0.363 e. The van der Waals surface area contributed by atoms with E-state index >= 15 is 0 Å². The summed E-state index contributed by atoms with van der Waals surface area (Å²) in [6, 6.07) is 8.27. The van der Waals surface area contributed by atoms with Gasteiger partial charge in [0.05, 0.1) is 5.69 Å². The van der Waals surface area contributed by atoms with E-state index in [2.05, 4.69) is 27.4 Å². The van der Waals surface area contributed by atoms with Crippen molar-refractivity contribution >= 4 is 29.8 Å². The van der Waals surface area contributed by atoms with Gasteiger partial charge in [0.15, 0.2) is 0 Å². The molecule has 1 N–H and O–H groups in total. The van der Waals surface area contributed by atoms with Crippen LogP contribution >= 0.6 is 12.4 Å². The van der Waals surface area contributed by atoms with Gasteiger partial charge in [0.1, 0.15) is 5.82 Å². The molecule has 1 aliphatic rings. The Morgan fingerprint density at radius 2 is 1.88 bits per heavy atom. The first kappa shape index (κ1) is 20.3. The fraction of sp³-hybridized carbons (Fsp3) is 0.474. The number of nitrogens with zero attached hydrogens (tertiary/aromatic N) is 4. The lowest BCUT2D eigenvalue weighted by atomic mass is 10.2. The molecule has 0 radical (unpaired) electrons. The second kappa shape index (κ2) is 8.56. The number of hydrogen-bond donors (Lipinski definition) is 1. The van der Waals surface area contributed by atoms with Crippen molar-refractivity contribution in [2.75, 3.05) is 30.4 Å². The summed E-state index contributed by atoms with van der Waals surface area (Å²) in [5.41, 5.74) is 4.50. The van der Waals surface area contributed by atoms with Gasteiger partial charge in [0.25, 0.3) is 0 Å². The normalized spacial score (nSPS) is 13.8. The number of hydrogen-bond acceptors (Lipinski definition) is 4. The van der Waals surface area contributed by atoms with Gasteiger partial charge in [0.2, 0.25) is 5.91 Å². The lowest BCUT2D eigenvalue weighted by molar-refractivity contribution is -0.117. The van der Waals surface area contributed by atoms with Gasteiger partial charge in [-0.1, -0.05) is 12.1 Å². The lowest BCUT2D eigenvalue weighted by Crippen LogP contribution is -2.23. The summed E-state index contributed by atoms with van der Waals surface area (Å²) >= 11 is 0. The zero-order valence-corrected chi connectivity index (χ0v) is 16.8. The SMILES string of the molecule is Cc1nn(C)c(N(C)C)c1CNCc1ccc(N2CCCC2=O)cc1.Cl. The minimum atomic E-state index is 0. The highest BCUT2D eigenvalue weighted by Gasteiger charge is 2.21. The Bertz CT molecular complexity index is 754. The fourth-order valence-electron chi connectivity index (χ4n) is 3.50. The van der Waals surface area contributed by atoms with Crippen molar-refractivity contribution in [2.24, 2.45) is 7.05 Å². The summed E-state index contributed by atoms with van der Waals surface area (Å²) in [5.74, 6) is 1.36. The number of nitrogens with one attached hydrogen (secondary N) is 1. The van der Waals surface area contributed by atoms with Gasteiger partial charge < -0.3 is 15.1 Å². The highest BCUT2D eigenvalue weighted by Crippen LogP contribution is 2.23. The maximum Gasteiger partial charge on any atom is 0.227 e. The van der Waals surface area contributed by atoms with Crippen LogP contribution in [-0.4, -0.2) is 36.3 Å². The molecule has 3 rings (SSSR count). The van der Waals surface area contributed by atoms with E-state index < -0.39 is 0 Å². The standard InChI is InChI=1S/C19H27N5O.ClH/c1-14-17(19(22(2)3)23(4)21-14)13-20-12-15-7-9-16(10-8-15)24-11-5-6-18(24)25;/h7-10,20H,5-6,11-13H2,1-4H3;1H. The molecule has 0 bridgehead atoms. The predicted molar refractivity (Wildman–Crippen MR) is 108 cm³/mol. The molecule has 0 atom stereocenters. The Morgan fingerprint density at radius 1 is 1.19 bits per heavy atom. The highest BCUT2D eigenvalue weighted by molar-refractivity contribution is 5.95. The molecule has 6 nitrogen and oxygen atoms in total. The number of halogens is 1. The van der Waals surface area contributed by atoms with Crippen molar-refractivity contribution in [3.63, 3.8) is 0 Å². The van der Waals surface area contributed by atoms with Crippen LogP contribution in [0.15, 0.2) is 24.3 Å². The zero-order valence-electron chi connectivity index (χ0n) is 16.0. The van der Waals surface area contributed by atoms with E-state index in [1.807, 2.05) is 49.8 Å². The smallest absolute Gasteiger partial charge is 0.227 e. The Labute approximate surface area is 161 Å². The van der Waals surface area contributed by atoms with Crippen LogP contribution in [0.2, 0.25) is 0 Å². The van der Waals surface area contributed by atoms with Crippen molar-refractivity contribution in [2.45, 2.75) is 32.9 Å². The van der Waals surface area contributed by atoms with Crippen LogP contribution in [0.25, 0.3) is 0 Å². The molecule has 2 aromatic rings. The molecule has 1 aliphatic heterocycles. The number of carbonyl (C=O) groups excluding carboxylic acids is 1. The number of anilines is 2. The predicted octanol–water partition coefficient (Wildman–Crippen LogP) is 2.63. The molecule has 7 heteroatoms. The molecule has 1 fully saturated rings. The zero-order chi connectivity index (χ0) is 18.0. The van der Waals surface area contributed by atoms with E-state index in [-0.39, 0.29) is 18.3 Å². The summed E-state index contributed by atoms with van der Waals surface area (Å²) in [6.45, 7) is 4.45. The van der Waals surface area contributed by atoms with Gasteiger partial charge in [-0.25, -0.2) is 0 Å². The molecule has 2 heterocycles. The number of aryl methyl sites for hydroxylation is 2. The van der Waals surface area contributed by atoms with Crippen LogP contribution in [0.5, 0.6) is 0 Å². The van der Waals surface area contributed by atoms with Crippen molar-refractivity contribution < 1.29 is 4.79 Å². The number of amides is 1. The summed E-state index contributed by atoms with van der Waals surface area (Å²) < 4.78 is 1.92. The average molecular weight is 378 g/mol. The second-order valence-corrected chi connectivity index (χ2v) is 6.82. The Kier molecular flexibility index (Phi) is 6.67. The van der Waals surface area contributed by atoms with Gasteiger partial charge >= 0.3 is 0 Å². The molecule has 0 saturated carbocycles. The number of aromatic nitrogens is 2. The monoisotopic (exact) mass is 377 g/mol. The van der Waals surface area contributed by atoms with Gasteiger partial charge in [-0.05, 0) is 31.0 Å². The van der Waals surface area contributed by atoms with Gasteiger partial charge in [-0.15, -0.1) is 12.4 Å². The van der Waals surface area contributed by atoms with Crippen LogP contribution in [-0.2, 0) is 24.9 Å². The van der Waals surface area contributed by atoms with Crippen LogP contribution in [0.4, 0.5) is 11.5 Å². The fourth-order valence-corrected chi connectivity index (χ4v) is 3.50. The molecule has 26 heavy (non-hydrogen) atoms. The van der Waals surface area contributed by atoms with Crippen LogP contribution in [0, 0.1) is 6.92 Å². The molecular formula is C19H28ClN5O. The number of carbonyl (C=O) groups is 1. The third-order valence-electron chi connectivity index (χ3n) is 4.69. The maximum absolute atomic E-state index is 11.8. The first-order valence-corrected chi connectivity index (χ1v) is 8.77. The first-order valence-electron chi connectivity index (χ1n) is 8.77. The van der Waals surface area contributed by atoms with Crippen molar-refractivity contribution in [1.29, 1.82) is 0 Å². The van der Waals surface area contributed by atoms with E-state index in [1.54, 1.807) is 0 Å². The Morgan fingerprint density at radius 3 is 2.46 bits per heavy atom. The summed E-state index contributed by atoms with van der Waals surface area (Å²) in [7, 11) is 6.06. The van der Waals surface area contributed by atoms with Crippen LogP contribution in [0.3, 0.4) is 0 Å². The molecule has 142 valence electrons.